The van der Waals surface area contributed by atoms with Crippen LogP contribution in [0, 0.1) is 13.8 Å². The lowest BCUT2D eigenvalue weighted by Crippen LogP contribution is -2.20. The molecule has 0 fully saturated rings. The number of carbonyl (C=O) groups excluding carboxylic acids is 1. The van der Waals surface area contributed by atoms with E-state index in [1.54, 1.807) is 22.2 Å². The number of aromatic nitrogens is 3. The highest BCUT2D eigenvalue weighted by molar-refractivity contribution is 9.10. The van der Waals surface area contributed by atoms with Gasteiger partial charge in [-0.25, -0.2) is 4.98 Å². The van der Waals surface area contributed by atoms with E-state index in [2.05, 4.69) is 36.1 Å². The van der Waals surface area contributed by atoms with Crippen molar-refractivity contribution in [2.45, 2.75) is 27.0 Å². The van der Waals surface area contributed by atoms with E-state index in [4.69, 9.17) is 0 Å². The van der Waals surface area contributed by atoms with Crippen LogP contribution < -0.4 is 10.1 Å². The average molecular weight is 457 g/mol. The van der Waals surface area contributed by atoms with Crippen molar-refractivity contribution in [3.63, 3.8) is 0 Å². The van der Waals surface area contributed by atoms with Gasteiger partial charge in [0, 0.05) is 10.9 Å². The van der Waals surface area contributed by atoms with Crippen LogP contribution in [0.15, 0.2) is 34.1 Å². The molecule has 142 valence electrons. The van der Waals surface area contributed by atoms with Gasteiger partial charge in [0.1, 0.15) is 12.3 Å². The fraction of sp³-hybridized carbons (Fsp3) is 0.235. The number of benzene rings is 1. The molecule has 0 bridgehead atoms. The zero-order chi connectivity index (χ0) is 19.6. The maximum atomic E-state index is 12.2. The molecular weight excluding hydrogens is 442 g/mol. The van der Waals surface area contributed by atoms with Crippen LogP contribution in [-0.4, -0.2) is 27.3 Å². The zero-order valence-electron chi connectivity index (χ0n) is 14.4. The monoisotopic (exact) mass is 456 g/mol. The van der Waals surface area contributed by atoms with Crippen molar-refractivity contribution in [2.75, 3.05) is 5.32 Å². The lowest BCUT2D eigenvalue weighted by molar-refractivity contribution is -0.116. The van der Waals surface area contributed by atoms with Crippen molar-refractivity contribution < 1.29 is 18.3 Å². The second-order valence-corrected chi connectivity index (χ2v) is 7.28. The van der Waals surface area contributed by atoms with Gasteiger partial charge in [-0.05, 0) is 54.0 Å². The van der Waals surface area contributed by atoms with Gasteiger partial charge in [0.15, 0.2) is 5.13 Å². The van der Waals surface area contributed by atoms with Crippen LogP contribution in [-0.2, 0) is 11.3 Å². The van der Waals surface area contributed by atoms with E-state index < -0.39 is 6.61 Å². The van der Waals surface area contributed by atoms with Crippen molar-refractivity contribution >= 4 is 38.3 Å². The van der Waals surface area contributed by atoms with Crippen LogP contribution in [0.1, 0.15) is 11.4 Å². The van der Waals surface area contributed by atoms with E-state index >= 15 is 0 Å². The third-order valence-electron chi connectivity index (χ3n) is 3.71. The molecule has 0 unspecified atom stereocenters. The summed E-state index contributed by atoms with van der Waals surface area (Å²) >= 11 is 4.71. The third kappa shape index (κ3) is 4.69. The average Bonchev–Trinajstić information content (AvgIpc) is 3.16. The lowest BCUT2D eigenvalue weighted by Gasteiger charge is -2.05. The number of anilines is 1. The molecule has 0 radical (unpaired) electrons. The third-order valence-corrected chi connectivity index (χ3v) is 5.62. The summed E-state index contributed by atoms with van der Waals surface area (Å²) in [4.78, 5) is 16.6. The summed E-state index contributed by atoms with van der Waals surface area (Å²) < 4.78 is 31.2. The molecule has 10 heteroatoms. The first kappa shape index (κ1) is 19.4. The van der Waals surface area contributed by atoms with Crippen molar-refractivity contribution in [2.24, 2.45) is 0 Å². The predicted molar refractivity (Wildman–Crippen MR) is 102 cm³/mol. The first-order valence-corrected chi connectivity index (χ1v) is 9.51. The standard InChI is InChI=1S/C17H15BrF2N4O2S/c1-9-15(18)10(2)24(23-9)7-14(25)22-17-21-13(8-27-17)11-3-5-12(6-4-11)26-16(19)20/h3-6,8,16H,7H2,1-2H3,(H,21,22,25). The van der Waals surface area contributed by atoms with Crippen molar-refractivity contribution in [3.8, 4) is 17.0 Å². The Kier molecular flexibility index (Phi) is 5.85. The van der Waals surface area contributed by atoms with Gasteiger partial charge in [-0.2, -0.15) is 13.9 Å². The van der Waals surface area contributed by atoms with Gasteiger partial charge in [0.05, 0.1) is 21.6 Å². The van der Waals surface area contributed by atoms with E-state index in [1.807, 2.05) is 13.8 Å². The molecule has 1 amide bonds. The SMILES string of the molecule is Cc1nn(CC(=O)Nc2nc(-c3ccc(OC(F)F)cc3)cs2)c(C)c1Br. The van der Waals surface area contributed by atoms with Crippen LogP contribution in [0.4, 0.5) is 13.9 Å². The second kappa shape index (κ2) is 8.13. The number of aryl methyl sites for hydroxylation is 1. The number of nitrogens with zero attached hydrogens (tertiary/aromatic N) is 3. The van der Waals surface area contributed by atoms with E-state index in [0.717, 1.165) is 21.4 Å². The molecule has 3 aromatic rings. The number of alkyl halides is 2. The molecule has 3 rings (SSSR count). The number of ether oxygens (including phenoxy) is 1. The van der Waals surface area contributed by atoms with Gasteiger partial charge in [0.25, 0.3) is 0 Å². The van der Waals surface area contributed by atoms with Gasteiger partial charge in [0.2, 0.25) is 5.91 Å². The van der Waals surface area contributed by atoms with Crippen LogP contribution in [0.5, 0.6) is 5.75 Å². The highest BCUT2D eigenvalue weighted by Gasteiger charge is 2.14. The summed E-state index contributed by atoms with van der Waals surface area (Å²) in [6.07, 6.45) is 0. The Balaban J connectivity index is 1.65. The summed E-state index contributed by atoms with van der Waals surface area (Å²) in [5, 5.41) is 9.27. The molecular formula is C17H15BrF2N4O2S. The number of hydrogen-bond donors (Lipinski definition) is 1. The number of rotatable bonds is 6. The summed E-state index contributed by atoms with van der Waals surface area (Å²) in [6, 6.07) is 6.15. The van der Waals surface area contributed by atoms with E-state index in [0.29, 0.717) is 10.8 Å². The number of nitrogens with one attached hydrogen (secondary N) is 1. The maximum absolute atomic E-state index is 12.2. The fourth-order valence-electron chi connectivity index (χ4n) is 2.39. The van der Waals surface area contributed by atoms with E-state index in [-0.39, 0.29) is 18.2 Å². The van der Waals surface area contributed by atoms with Crippen LogP contribution in [0.3, 0.4) is 0 Å². The molecule has 27 heavy (non-hydrogen) atoms. The Morgan fingerprint density at radius 2 is 2.04 bits per heavy atom. The lowest BCUT2D eigenvalue weighted by atomic mass is 10.2. The fourth-order valence-corrected chi connectivity index (χ4v) is 3.41. The molecule has 6 nitrogen and oxygen atoms in total. The Morgan fingerprint density at radius 3 is 2.63 bits per heavy atom. The summed E-state index contributed by atoms with van der Waals surface area (Å²) in [5.41, 5.74) is 3.05. The molecule has 1 N–H and O–H groups in total. The molecule has 0 spiro atoms. The largest absolute Gasteiger partial charge is 0.435 e. The molecule has 0 saturated heterocycles. The second-order valence-electron chi connectivity index (χ2n) is 5.63. The number of halogens is 3. The quantitative estimate of drug-likeness (QED) is 0.587. The zero-order valence-corrected chi connectivity index (χ0v) is 16.8. The molecule has 0 saturated carbocycles. The summed E-state index contributed by atoms with van der Waals surface area (Å²) in [7, 11) is 0. The first-order chi connectivity index (χ1) is 12.8. The minimum Gasteiger partial charge on any atom is -0.435 e. The van der Waals surface area contributed by atoms with Crippen molar-refractivity contribution in [1.82, 2.24) is 14.8 Å². The van der Waals surface area contributed by atoms with Gasteiger partial charge in [-0.1, -0.05) is 0 Å². The minimum absolute atomic E-state index is 0.0762. The first-order valence-electron chi connectivity index (χ1n) is 7.83. The molecule has 1 aromatic carbocycles. The number of hydrogen-bond acceptors (Lipinski definition) is 5. The van der Waals surface area contributed by atoms with Gasteiger partial charge in [-0.3, -0.25) is 9.48 Å². The molecule has 0 atom stereocenters. The molecule has 0 aliphatic rings. The molecule has 2 aromatic heterocycles. The summed E-state index contributed by atoms with van der Waals surface area (Å²) in [6.45, 7) is 0.948. The van der Waals surface area contributed by atoms with Gasteiger partial charge >= 0.3 is 6.61 Å². The summed E-state index contributed by atoms with van der Waals surface area (Å²) in [5.74, 6) is -0.164. The molecule has 0 aliphatic heterocycles. The molecule has 0 aliphatic carbocycles. The van der Waals surface area contributed by atoms with Crippen molar-refractivity contribution in [3.05, 3.63) is 45.5 Å². The Hall–Kier alpha value is -2.33. The maximum Gasteiger partial charge on any atom is 0.387 e. The van der Waals surface area contributed by atoms with E-state index in [9.17, 15) is 13.6 Å². The predicted octanol–water partition coefficient (Wildman–Crippen LogP) is 4.63. The van der Waals surface area contributed by atoms with Gasteiger partial charge in [-0.15, -0.1) is 11.3 Å². The van der Waals surface area contributed by atoms with Crippen LogP contribution >= 0.6 is 27.3 Å². The van der Waals surface area contributed by atoms with Crippen LogP contribution in [0.25, 0.3) is 11.3 Å². The Labute approximate surface area is 166 Å². The number of carbonyl (C=O) groups is 1. The van der Waals surface area contributed by atoms with Crippen molar-refractivity contribution in [1.29, 1.82) is 0 Å². The number of amides is 1. The number of thiazole rings is 1. The van der Waals surface area contributed by atoms with Gasteiger partial charge < -0.3 is 10.1 Å². The Bertz CT molecular complexity index is 957. The highest BCUT2D eigenvalue weighted by Crippen LogP contribution is 2.27. The smallest absolute Gasteiger partial charge is 0.387 e. The Morgan fingerprint density at radius 1 is 1.33 bits per heavy atom. The minimum atomic E-state index is -2.86. The highest BCUT2D eigenvalue weighted by atomic mass is 79.9. The van der Waals surface area contributed by atoms with E-state index in [1.165, 1.54) is 23.5 Å². The van der Waals surface area contributed by atoms with Crippen LogP contribution in [0.2, 0.25) is 0 Å². The normalized spacial score (nSPS) is 11.0. The topological polar surface area (TPSA) is 69.0 Å². The molecule has 2 heterocycles.